The number of rotatable bonds is 5. The van der Waals surface area contributed by atoms with Gasteiger partial charge in [0.25, 0.3) is 0 Å². The average molecular weight is 233 g/mol. The molecule has 17 heavy (non-hydrogen) atoms. The van der Waals surface area contributed by atoms with Crippen LogP contribution in [-0.4, -0.2) is 25.4 Å². The van der Waals surface area contributed by atoms with Gasteiger partial charge in [-0.1, -0.05) is 0 Å². The molecule has 2 heterocycles. The van der Waals surface area contributed by atoms with Crippen molar-refractivity contribution < 1.29 is 0 Å². The number of imidazole rings is 1. The van der Waals surface area contributed by atoms with Gasteiger partial charge in [0, 0.05) is 37.9 Å². The molecule has 92 valence electrons. The van der Waals surface area contributed by atoms with Gasteiger partial charge >= 0.3 is 0 Å². The van der Waals surface area contributed by atoms with Crippen LogP contribution in [0.5, 0.6) is 0 Å². The van der Waals surface area contributed by atoms with Gasteiger partial charge in [-0.15, -0.1) is 0 Å². The van der Waals surface area contributed by atoms with Crippen LogP contribution in [0, 0.1) is 0 Å². The Bertz CT molecular complexity index is 445. The molecule has 0 aliphatic heterocycles. The van der Waals surface area contributed by atoms with Crippen LogP contribution < -0.4 is 5.32 Å². The maximum atomic E-state index is 4.29. The standard InChI is InChI=1S/C12H19N5/c1-10(11(2)17-7-4-5-15-17)14-9-12-13-6-8-16(12)3/h4-8,10-11,14H,9H2,1-3H3/t10-,11-/m1/s1. The number of hydrogen-bond donors (Lipinski definition) is 1. The minimum Gasteiger partial charge on any atom is -0.337 e. The maximum absolute atomic E-state index is 4.29. The van der Waals surface area contributed by atoms with Crippen LogP contribution in [0.25, 0.3) is 0 Å². The van der Waals surface area contributed by atoms with E-state index in [2.05, 4.69) is 29.2 Å². The van der Waals surface area contributed by atoms with Crippen LogP contribution in [0.15, 0.2) is 30.9 Å². The van der Waals surface area contributed by atoms with Crippen molar-refractivity contribution in [3.8, 4) is 0 Å². The smallest absolute Gasteiger partial charge is 0.122 e. The lowest BCUT2D eigenvalue weighted by atomic mass is 10.2. The number of aromatic nitrogens is 4. The second kappa shape index (κ2) is 5.14. The van der Waals surface area contributed by atoms with E-state index in [0.717, 1.165) is 12.4 Å². The third-order valence-electron chi connectivity index (χ3n) is 3.17. The van der Waals surface area contributed by atoms with Crippen molar-refractivity contribution >= 4 is 0 Å². The minimum absolute atomic E-state index is 0.324. The van der Waals surface area contributed by atoms with E-state index in [0.29, 0.717) is 12.1 Å². The SMILES string of the molecule is C[C@H]([C@@H](C)NCc1nccn1C)n1cccn1. The van der Waals surface area contributed by atoms with Crippen LogP contribution in [0.3, 0.4) is 0 Å². The molecule has 2 atom stereocenters. The molecule has 2 aromatic heterocycles. The molecule has 0 amide bonds. The zero-order valence-corrected chi connectivity index (χ0v) is 10.5. The van der Waals surface area contributed by atoms with E-state index < -0.39 is 0 Å². The lowest BCUT2D eigenvalue weighted by molar-refractivity contribution is 0.361. The van der Waals surface area contributed by atoms with Gasteiger partial charge in [0.1, 0.15) is 5.82 Å². The molecule has 0 aliphatic carbocycles. The van der Waals surface area contributed by atoms with Gasteiger partial charge in [0.15, 0.2) is 0 Å². The fourth-order valence-electron chi connectivity index (χ4n) is 1.74. The number of aryl methyl sites for hydroxylation is 1. The molecule has 2 rings (SSSR count). The highest BCUT2D eigenvalue weighted by atomic mass is 15.3. The lowest BCUT2D eigenvalue weighted by Crippen LogP contribution is -2.34. The Morgan fingerprint density at radius 1 is 1.29 bits per heavy atom. The Balaban J connectivity index is 1.89. The van der Waals surface area contributed by atoms with Gasteiger partial charge in [-0.3, -0.25) is 4.68 Å². The number of hydrogen-bond acceptors (Lipinski definition) is 3. The summed E-state index contributed by atoms with van der Waals surface area (Å²) in [5, 5.41) is 7.73. The van der Waals surface area contributed by atoms with Gasteiger partial charge < -0.3 is 9.88 Å². The van der Waals surface area contributed by atoms with Gasteiger partial charge in [0.2, 0.25) is 0 Å². The number of nitrogens with one attached hydrogen (secondary N) is 1. The van der Waals surface area contributed by atoms with Crippen molar-refractivity contribution in [2.24, 2.45) is 7.05 Å². The zero-order chi connectivity index (χ0) is 12.3. The predicted octanol–water partition coefficient (Wildman–Crippen LogP) is 1.36. The summed E-state index contributed by atoms with van der Waals surface area (Å²) in [5.74, 6) is 1.05. The van der Waals surface area contributed by atoms with Gasteiger partial charge in [-0.25, -0.2) is 4.98 Å². The predicted molar refractivity (Wildman–Crippen MR) is 66.4 cm³/mol. The van der Waals surface area contributed by atoms with Crippen molar-refractivity contribution in [2.45, 2.75) is 32.5 Å². The largest absolute Gasteiger partial charge is 0.337 e. The van der Waals surface area contributed by atoms with Crippen LogP contribution in [0.2, 0.25) is 0 Å². The highest BCUT2D eigenvalue weighted by Gasteiger charge is 2.14. The topological polar surface area (TPSA) is 47.7 Å². The Morgan fingerprint density at radius 3 is 2.71 bits per heavy atom. The summed E-state index contributed by atoms with van der Waals surface area (Å²) in [6.07, 6.45) is 7.57. The molecule has 0 unspecified atom stereocenters. The third kappa shape index (κ3) is 2.74. The Labute approximate surface area is 101 Å². The monoisotopic (exact) mass is 233 g/mol. The van der Waals surface area contributed by atoms with Crippen LogP contribution in [0.4, 0.5) is 0 Å². The summed E-state index contributed by atoms with van der Waals surface area (Å²) < 4.78 is 3.99. The van der Waals surface area contributed by atoms with E-state index in [1.54, 1.807) is 0 Å². The van der Waals surface area contributed by atoms with E-state index >= 15 is 0 Å². The molecular weight excluding hydrogens is 214 g/mol. The first-order valence-electron chi connectivity index (χ1n) is 5.87. The molecule has 0 saturated carbocycles. The molecular formula is C12H19N5. The normalized spacial score (nSPS) is 14.8. The first kappa shape index (κ1) is 11.9. The molecule has 0 spiro atoms. The van der Waals surface area contributed by atoms with Crippen LogP contribution >= 0.6 is 0 Å². The highest BCUT2D eigenvalue weighted by molar-refractivity contribution is 4.91. The fraction of sp³-hybridized carbons (Fsp3) is 0.500. The van der Waals surface area contributed by atoms with E-state index in [9.17, 15) is 0 Å². The summed E-state index contributed by atoms with van der Waals surface area (Å²) in [6, 6.07) is 2.61. The molecule has 0 saturated heterocycles. The van der Waals surface area contributed by atoms with Gasteiger partial charge in [-0.05, 0) is 19.9 Å². The van der Waals surface area contributed by atoms with E-state index in [1.807, 2.05) is 47.2 Å². The molecule has 0 aliphatic rings. The number of nitrogens with zero attached hydrogens (tertiary/aromatic N) is 4. The second-order valence-corrected chi connectivity index (χ2v) is 4.35. The first-order valence-corrected chi connectivity index (χ1v) is 5.87. The lowest BCUT2D eigenvalue weighted by Gasteiger charge is -2.21. The van der Waals surface area contributed by atoms with Crippen molar-refractivity contribution in [3.63, 3.8) is 0 Å². The molecule has 0 fully saturated rings. The summed E-state index contributed by atoms with van der Waals surface area (Å²) in [4.78, 5) is 4.29. The van der Waals surface area contributed by atoms with Crippen molar-refractivity contribution in [1.82, 2.24) is 24.6 Å². The third-order valence-corrected chi connectivity index (χ3v) is 3.17. The van der Waals surface area contributed by atoms with E-state index in [-0.39, 0.29) is 0 Å². The summed E-state index contributed by atoms with van der Waals surface area (Å²) in [5.41, 5.74) is 0. The quantitative estimate of drug-likeness (QED) is 0.848. The molecule has 0 aromatic carbocycles. The second-order valence-electron chi connectivity index (χ2n) is 4.35. The highest BCUT2D eigenvalue weighted by Crippen LogP contribution is 2.09. The molecule has 0 radical (unpaired) electrons. The fourth-order valence-corrected chi connectivity index (χ4v) is 1.74. The Kier molecular flexibility index (Phi) is 3.58. The molecule has 2 aromatic rings. The maximum Gasteiger partial charge on any atom is 0.122 e. The van der Waals surface area contributed by atoms with Crippen molar-refractivity contribution in [1.29, 1.82) is 0 Å². The van der Waals surface area contributed by atoms with E-state index in [4.69, 9.17) is 0 Å². The summed E-state index contributed by atoms with van der Waals surface area (Å²) >= 11 is 0. The Morgan fingerprint density at radius 2 is 2.12 bits per heavy atom. The molecule has 1 N–H and O–H groups in total. The zero-order valence-electron chi connectivity index (χ0n) is 10.5. The molecule has 5 nitrogen and oxygen atoms in total. The molecule has 0 bridgehead atoms. The van der Waals surface area contributed by atoms with Crippen LogP contribution in [-0.2, 0) is 13.6 Å². The average Bonchev–Trinajstić information content (AvgIpc) is 2.96. The summed E-state index contributed by atoms with van der Waals surface area (Å²) in [6.45, 7) is 5.09. The van der Waals surface area contributed by atoms with Crippen molar-refractivity contribution in [2.75, 3.05) is 0 Å². The molecule has 5 heteroatoms. The minimum atomic E-state index is 0.324. The summed E-state index contributed by atoms with van der Waals surface area (Å²) in [7, 11) is 2.01. The van der Waals surface area contributed by atoms with E-state index in [1.165, 1.54) is 0 Å². The van der Waals surface area contributed by atoms with Crippen LogP contribution in [0.1, 0.15) is 25.7 Å². The first-order chi connectivity index (χ1) is 8.18. The van der Waals surface area contributed by atoms with Crippen molar-refractivity contribution in [3.05, 3.63) is 36.7 Å². The van der Waals surface area contributed by atoms with Gasteiger partial charge in [0.05, 0.1) is 12.6 Å². The Hall–Kier alpha value is -1.62. The van der Waals surface area contributed by atoms with Gasteiger partial charge in [-0.2, -0.15) is 5.10 Å².